The summed E-state index contributed by atoms with van der Waals surface area (Å²) in [4.78, 5) is 22.2. The van der Waals surface area contributed by atoms with Crippen molar-refractivity contribution < 1.29 is 9.66 Å². The zero-order valence-electron chi connectivity index (χ0n) is 15.5. The van der Waals surface area contributed by atoms with Crippen LogP contribution in [0.1, 0.15) is 16.8 Å². The van der Waals surface area contributed by atoms with E-state index < -0.39 is 0 Å². The molecule has 0 saturated carbocycles. The Bertz CT molecular complexity index is 1010. The number of rotatable bonds is 5. The molecule has 0 amide bonds. The summed E-state index contributed by atoms with van der Waals surface area (Å²) in [6, 6.07) is 14.6. The Kier molecular flexibility index (Phi) is 4.99. The van der Waals surface area contributed by atoms with Crippen molar-refractivity contribution in [1.82, 2.24) is 14.9 Å². The molecule has 1 aliphatic heterocycles. The lowest BCUT2D eigenvalue weighted by Gasteiger charge is -2.28. The van der Waals surface area contributed by atoms with E-state index in [1.165, 1.54) is 6.07 Å². The summed E-state index contributed by atoms with van der Waals surface area (Å²) in [7, 11) is 1.58. The Balaban J connectivity index is 1.53. The molecule has 3 aromatic rings. The Labute approximate surface area is 162 Å². The second-order valence-corrected chi connectivity index (χ2v) is 6.75. The van der Waals surface area contributed by atoms with Gasteiger partial charge in [-0.25, -0.2) is 9.97 Å². The molecule has 0 bridgehead atoms. The predicted molar refractivity (Wildman–Crippen MR) is 105 cm³/mol. The zero-order valence-corrected chi connectivity index (χ0v) is 15.5. The molecule has 4 rings (SSSR count). The van der Waals surface area contributed by atoms with E-state index in [2.05, 4.69) is 9.88 Å². The van der Waals surface area contributed by atoms with E-state index in [1.54, 1.807) is 19.2 Å². The number of nitro benzene ring substituents is 1. The molecule has 1 aliphatic rings. The second-order valence-electron chi connectivity index (χ2n) is 6.75. The van der Waals surface area contributed by atoms with Crippen LogP contribution in [0.4, 0.5) is 5.69 Å². The number of non-ortho nitro benzene ring substituents is 1. The Hall–Kier alpha value is -3.32. The first-order chi connectivity index (χ1) is 13.6. The minimum Gasteiger partial charge on any atom is -0.496 e. The number of hydrogen-bond donors (Lipinski definition) is 0. The molecule has 2 aromatic carbocycles. The number of benzene rings is 2. The van der Waals surface area contributed by atoms with E-state index >= 15 is 0 Å². The molecule has 142 valence electrons. The SMILES string of the molecule is COc1ccc([N+](=O)[O-])cc1CN1CCc2nc(-c3ccccc3)ncc2C1. The van der Waals surface area contributed by atoms with Crippen molar-refractivity contribution in [3.63, 3.8) is 0 Å². The van der Waals surface area contributed by atoms with Crippen molar-refractivity contribution in [2.24, 2.45) is 0 Å². The highest BCUT2D eigenvalue weighted by Crippen LogP contribution is 2.28. The van der Waals surface area contributed by atoms with Gasteiger partial charge in [0.1, 0.15) is 5.75 Å². The van der Waals surface area contributed by atoms with Gasteiger partial charge in [-0.3, -0.25) is 15.0 Å². The molecule has 28 heavy (non-hydrogen) atoms. The van der Waals surface area contributed by atoms with Crippen molar-refractivity contribution in [3.05, 3.63) is 81.7 Å². The summed E-state index contributed by atoms with van der Waals surface area (Å²) >= 11 is 0. The van der Waals surface area contributed by atoms with Gasteiger partial charge < -0.3 is 4.74 Å². The Morgan fingerprint density at radius 2 is 2.04 bits per heavy atom. The minimum atomic E-state index is -0.382. The van der Waals surface area contributed by atoms with E-state index in [4.69, 9.17) is 9.72 Å². The van der Waals surface area contributed by atoms with Crippen molar-refractivity contribution in [2.45, 2.75) is 19.5 Å². The van der Waals surface area contributed by atoms with Crippen LogP contribution in [0.15, 0.2) is 54.7 Å². The van der Waals surface area contributed by atoms with Crippen molar-refractivity contribution in [2.75, 3.05) is 13.7 Å². The van der Waals surface area contributed by atoms with Gasteiger partial charge in [-0.1, -0.05) is 30.3 Å². The molecule has 0 radical (unpaired) electrons. The van der Waals surface area contributed by atoms with Crippen molar-refractivity contribution >= 4 is 5.69 Å². The maximum Gasteiger partial charge on any atom is 0.270 e. The van der Waals surface area contributed by atoms with Gasteiger partial charge in [-0.15, -0.1) is 0 Å². The molecule has 0 fully saturated rings. The lowest BCUT2D eigenvalue weighted by atomic mass is 10.1. The van der Waals surface area contributed by atoms with Crippen molar-refractivity contribution in [1.29, 1.82) is 0 Å². The van der Waals surface area contributed by atoms with Crippen molar-refractivity contribution in [3.8, 4) is 17.1 Å². The first-order valence-corrected chi connectivity index (χ1v) is 9.08. The number of nitro groups is 1. The summed E-state index contributed by atoms with van der Waals surface area (Å²) in [6.45, 7) is 2.10. The van der Waals surface area contributed by atoms with Crippen LogP contribution >= 0.6 is 0 Å². The standard InChI is InChI=1S/C21H20N4O3/c1-28-20-8-7-18(25(26)27)11-16(20)13-24-10-9-19-17(14-24)12-22-21(23-19)15-5-3-2-4-6-15/h2-8,11-12H,9-10,13-14H2,1H3. The predicted octanol–water partition coefficient (Wildman–Crippen LogP) is 3.62. The van der Waals surface area contributed by atoms with Gasteiger partial charge in [0, 0.05) is 61.1 Å². The lowest BCUT2D eigenvalue weighted by Crippen LogP contribution is -2.31. The smallest absolute Gasteiger partial charge is 0.270 e. The molecule has 0 saturated heterocycles. The van der Waals surface area contributed by atoms with E-state index in [-0.39, 0.29) is 10.6 Å². The van der Waals surface area contributed by atoms with Crippen LogP contribution in [-0.2, 0) is 19.5 Å². The van der Waals surface area contributed by atoms with E-state index in [1.807, 2.05) is 36.5 Å². The fourth-order valence-corrected chi connectivity index (χ4v) is 3.48. The molecule has 0 aliphatic carbocycles. The maximum atomic E-state index is 11.1. The van der Waals surface area contributed by atoms with Gasteiger partial charge in [0.25, 0.3) is 5.69 Å². The maximum absolute atomic E-state index is 11.1. The van der Waals surface area contributed by atoms with Gasteiger partial charge >= 0.3 is 0 Å². The molecular formula is C21H20N4O3. The first kappa shape index (κ1) is 18.1. The van der Waals surface area contributed by atoms with Crippen LogP contribution in [0.5, 0.6) is 5.75 Å². The Morgan fingerprint density at radius 3 is 2.79 bits per heavy atom. The normalized spacial score (nSPS) is 13.8. The van der Waals surface area contributed by atoms with Crippen LogP contribution in [0.3, 0.4) is 0 Å². The molecule has 0 N–H and O–H groups in total. The van der Waals surface area contributed by atoms with Crippen LogP contribution in [-0.4, -0.2) is 33.4 Å². The van der Waals surface area contributed by atoms with Gasteiger partial charge in [-0.05, 0) is 6.07 Å². The van der Waals surface area contributed by atoms with Crippen LogP contribution in [0.2, 0.25) is 0 Å². The molecule has 0 unspecified atom stereocenters. The molecule has 0 atom stereocenters. The average Bonchev–Trinajstić information content (AvgIpc) is 2.74. The van der Waals surface area contributed by atoms with Crippen LogP contribution in [0.25, 0.3) is 11.4 Å². The largest absolute Gasteiger partial charge is 0.496 e. The number of methoxy groups -OCH3 is 1. The lowest BCUT2D eigenvalue weighted by molar-refractivity contribution is -0.385. The molecule has 7 nitrogen and oxygen atoms in total. The molecule has 0 spiro atoms. The van der Waals surface area contributed by atoms with Gasteiger partial charge in [-0.2, -0.15) is 0 Å². The Morgan fingerprint density at radius 1 is 1.21 bits per heavy atom. The third-order valence-electron chi connectivity index (χ3n) is 4.91. The summed E-state index contributed by atoms with van der Waals surface area (Å²) in [5.74, 6) is 1.40. The van der Waals surface area contributed by atoms with E-state index in [0.29, 0.717) is 18.8 Å². The monoisotopic (exact) mass is 376 g/mol. The summed E-state index contributed by atoms with van der Waals surface area (Å²) < 4.78 is 5.38. The number of nitrogens with zero attached hydrogens (tertiary/aromatic N) is 4. The quantitative estimate of drug-likeness (QED) is 0.500. The highest BCUT2D eigenvalue weighted by molar-refractivity contribution is 5.54. The fourth-order valence-electron chi connectivity index (χ4n) is 3.48. The first-order valence-electron chi connectivity index (χ1n) is 9.08. The van der Waals surface area contributed by atoms with Gasteiger partial charge in [0.15, 0.2) is 5.82 Å². The topological polar surface area (TPSA) is 81.4 Å². The number of hydrogen-bond acceptors (Lipinski definition) is 6. The van der Waals surface area contributed by atoms with Gasteiger partial charge in [0.05, 0.1) is 17.7 Å². The number of ether oxygens (including phenoxy) is 1. The minimum absolute atomic E-state index is 0.0732. The summed E-state index contributed by atoms with van der Waals surface area (Å²) in [6.07, 6.45) is 2.70. The summed E-state index contributed by atoms with van der Waals surface area (Å²) in [5, 5.41) is 11.1. The molecule has 7 heteroatoms. The van der Waals surface area contributed by atoms with E-state index in [9.17, 15) is 10.1 Å². The third kappa shape index (κ3) is 3.70. The van der Waals surface area contributed by atoms with Crippen LogP contribution < -0.4 is 4.74 Å². The molecule has 1 aromatic heterocycles. The third-order valence-corrected chi connectivity index (χ3v) is 4.91. The average molecular weight is 376 g/mol. The molecule has 2 heterocycles. The number of aromatic nitrogens is 2. The number of fused-ring (bicyclic) bond motifs is 1. The zero-order chi connectivity index (χ0) is 19.5. The highest BCUT2D eigenvalue weighted by Gasteiger charge is 2.21. The highest BCUT2D eigenvalue weighted by atomic mass is 16.6. The van der Waals surface area contributed by atoms with Gasteiger partial charge in [0.2, 0.25) is 0 Å². The van der Waals surface area contributed by atoms with E-state index in [0.717, 1.165) is 41.2 Å². The molecular weight excluding hydrogens is 356 g/mol. The van der Waals surface area contributed by atoms with Crippen LogP contribution in [0, 0.1) is 10.1 Å². The second kappa shape index (κ2) is 7.74. The fraction of sp³-hybridized carbons (Fsp3) is 0.238. The summed E-state index contributed by atoms with van der Waals surface area (Å²) in [5.41, 5.74) is 4.05.